The minimum Gasteiger partial charge on any atom is -0.263 e. The molecule has 0 unspecified atom stereocenters. The van der Waals surface area contributed by atoms with Gasteiger partial charge in [-0.1, -0.05) is 12.1 Å². The molecule has 0 saturated heterocycles. The number of hydrogen-bond acceptors (Lipinski definition) is 4. The summed E-state index contributed by atoms with van der Waals surface area (Å²) >= 11 is 3.32. The number of pyridine rings is 1. The highest BCUT2D eigenvalue weighted by molar-refractivity contribution is 9.10. The zero-order valence-electron chi connectivity index (χ0n) is 10.3. The van der Waals surface area contributed by atoms with Crippen LogP contribution >= 0.6 is 15.9 Å². The average Bonchev–Trinajstić information content (AvgIpc) is 2.42. The third-order valence-corrected chi connectivity index (χ3v) is 5.05. The van der Waals surface area contributed by atoms with Crippen LogP contribution in [0.25, 0.3) is 0 Å². The summed E-state index contributed by atoms with van der Waals surface area (Å²) in [5, 5.41) is 0. The van der Waals surface area contributed by atoms with Crippen LogP contribution < -0.4 is 0 Å². The highest BCUT2D eigenvalue weighted by Crippen LogP contribution is 2.30. The largest absolute Gasteiger partial charge is 0.267 e. The molecule has 0 bridgehead atoms. The minimum absolute atomic E-state index is 0.201. The lowest BCUT2D eigenvalue weighted by Crippen LogP contribution is -2.31. The Morgan fingerprint density at radius 1 is 1.20 bits per heavy atom. The predicted molar refractivity (Wildman–Crippen MR) is 79.3 cm³/mol. The molecule has 1 aromatic heterocycles. The molecule has 0 radical (unpaired) electrons. The van der Waals surface area contributed by atoms with Crippen LogP contribution in [0.1, 0.15) is 5.56 Å². The lowest BCUT2D eigenvalue weighted by atomic mass is 10.3. The molecular weight excluding hydrogens is 342 g/mol. The smallest absolute Gasteiger partial charge is 0.263 e. The summed E-state index contributed by atoms with van der Waals surface area (Å²) in [6.07, 6.45) is 4.63. The Bertz CT molecular complexity index is 790. The summed E-state index contributed by atoms with van der Waals surface area (Å²) in [5.74, 6) is 0. The number of hydrogen-bond donors (Lipinski definition) is 0. The van der Waals surface area contributed by atoms with Crippen molar-refractivity contribution >= 4 is 38.0 Å². The zero-order valence-corrected chi connectivity index (χ0v) is 12.7. The van der Waals surface area contributed by atoms with Gasteiger partial charge in [0.25, 0.3) is 10.0 Å². The van der Waals surface area contributed by atoms with Gasteiger partial charge >= 0.3 is 0 Å². The van der Waals surface area contributed by atoms with Crippen molar-refractivity contribution in [3.05, 3.63) is 52.8 Å². The molecule has 2 aromatic rings. The Hall–Kier alpha value is -1.73. The van der Waals surface area contributed by atoms with E-state index < -0.39 is 10.0 Å². The third-order valence-electron chi connectivity index (χ3n) is 2.88. The van der Waals surface area contributed by atoms with Gasteiger partial charge in [0.15, 0.2) is 0 Å². The number of aliphatic imine (C=N–C) groups is 1. The fourth-order valence-corrected chi connectivity index (χ4v) is 3.74. The highest BCUT2D eigenvalue weighted by atomic mass is 79.9. The number of halogens is 1. The van der Waals surface area contributed by atoms with E-state index in [4.69, 9.17) is 0 Å². The maximum Gasteiger partial charge on any atom is 0.267 e. The fourth-order valence-electron chi connectivity index (χ4n) is 1.95. The van der Waals surface area contributed by atoms with Crippen molar-refractivity contribution in [2.24, 2.45) is 4.99 Å². The van der Waals surface area contributed by atoms with E-state index in [1.807, 2.05) is 6.07 Å². The molecular formula is C13H10BrN3O2S. The summed E-state index contributed by atoms with van der Waals surface area (Å²) < 4.78 is 27.0. The van der Waals surface area contributed by atoms with Gasteiger partial charge < -0.3 is 0 Å². The van der Waals surface area contributed by atoms with Gasteiger partial charge in [0.2, 0.25) is 0 Å². The van der Waals surface area contributed by atoms with E-state index >= 15 is 0 Å². The van der Waals surface area contributed by atoms with Crippen LogP contribution in [0.5, 0.6) is 0 Å². The normalized spacial score (nSPS) is 15.9. The van der Waals surface area contributed by atoms with Crippen LogP contribution in [0.3, 0.4) is 0 Å². The molecule has 102 valence electrons. The van der Waals surface area contributed by atoms with E-state index in [1.165, 1.54) is 10.6 Å². The Labute approximate surface area is 125 Å². The van der Waals surface area contributed by atoms with Crippen LogP contribution in [-0.4, -0.2) is 24.0 Å². The lowest BCUT2D eigenvalue weighted by molar-refractivity contribution is 0.521. The molecule has 3 rings (SSSR count). The molecule has 7 heteroatoms. The molecule has 20 heavy (non-hydrogen) atoms. The van der Waals surface area contributed by atoms with Crippen molar-refractivity contribution in [3.8, 4) is 0 Å². The van der Waals surface area contributed by atoms with Crippen LogP contribution in [0.4, 0.5) is 5.69 Å². The molecule has 2 heterocycles. The van der Waals surface area contributed by atoms with Crippen molar-refractivity contribution in [2.45, 2.75) is 11.4 Å². The van der Waals surface area contributed by atoms with Gasteiger partial charge in [-0.15, -0.1) is 0 Å². The van der Waals surface area contributed by atoms with Gasteiger partial charge in [-0.25, -0.2) is 13.4 Å². The number of para-hydroxylation sites is 1. The molecule has 0 spiro atoms. The number of aromatic nitrogens is 1. The van der Waals surface area contributed by atoms with E-state index in [2.05, 4.69) is 25.9 Å². The molecule has 1 aliphatic heterocycles. The minimum atomic E-state index is -3.55. The first kappa shape index (κ1) is 13.3. The fraction of sp³-hybridized carbons (Fsp3) is 0.0769. The molecule has 0 atom stereocenters. The van der Waals surface area contributed by atoms with Crippen LogP contribution in [-0.2, 0) is 16.6 Å². The Morgan fingerprint density at radius 3 is 2.80 bits per heavy atom. The van der Waals surface area contributed by atoms with Crippen molar-refractivity contribution in [3.63, 3.8) is 0 Å². The van der Waals surface area contributed by atoms with Gasteiger partial charge in [-0.05, 0) is 39.7 Å². The van der Waals surface area contributed by atoms with E-state index in [-0.39, 0.29) is 11.4 Å². The first-order chi connectivity index (χ1) is 9.57. The Balaban J connectivity index is 1.98. The van der Waals surface area contributed by atoms with E-state index in [1.54, 1.807) is 36.7 Å². The summed E-state index contributed by atoms with van der Waals surface area (Å²) in [5.41, 5.74) is 1.25. The summed E-state index contributed by atoms with van der Waals surface area (Å²) in [6, 6.07) is 8.53. The van der Waals surface area contributed by atoms with E-state index in [0.717, 1.165) is 10.0 Å². The van der Waals surface area contributed by atoms with Crippen molar-refractivity contribution in [1.29, 1.82) is 0 Å². The van der Waals surface area contributed by atoms with Gasteiger partial charge in [-0.2, -0.15) is 0 Å². The number of sulfonamides is 1. The Morgan fingerprint density at radius 2 is 2.00 bits per heavy atom. The molecule has 1 aliphatic rings. The highest BCUT2D eigenvalue weighted by Gasteiger charge is 2.28. The third kappa shape index (κ3) is 2.34. The first-order valence-electron chi connectivity index (χ1n) is 5.82. The molecule has 0 N–H and O–H groups in total. The standard InChI is InChI=1S/C13H10BrN3O2S/c14-11-5-10(6-15-7-11)8-17-9-16-12-3-1-2-4-13(12)20(17,18)19/h1-7,9H,8H2. The molecule has 0 saturated carbocycles. The average molecular weight is 352 g/mol. The summed E-state index contributed by atoms with van der Waals surface area (Å²) in [6.45, 7) is 0.201. The van der Waals surface area contributed by atoms with Gasteiger partial charge in [0, 0.05) is 16.9 Å². The summed E-state index contributed by atoms with van der Waals surface area (Å²) in [4.78, 5) is 8.43. The number of nitrogens with zero attached hydrogens (tertiary/aromatic N) is 3. The van der Waals surface area contributed by atoms with Crippen molar-refractivity contribution in [2.75, 3.05) is 0 Å². The van der Waals surface area contributed by atoms with Crippen molar-refractivity contribution < 1.29 is 8.42 Å². The second-order valence-corrected chi connectivity index (χ2v) is 7.05. The SMILES string of the molecule is O=S1(=O)c2ccccc2N=CN1Cc1cncc(Br)c1. The van der Waals surface area contributed by atoms with Crippen molar-refractivity contribution in [1.82, 2.24) is 9.29 Å². The maximum absolute atomic E-state index is 12.5. The Kier molecular flexibility index (Phi) is 3.31. The second-order valence-electron chi connectivity index (χ2n) is 4.27. The van der Waals surface area contributed by atoms with E-state index in [0.29, 0.717) is 5.69 Å². The molecule has 0 amide bonds. The second kappa shape index (κ2) is 4.99. The van der Waals surface area contributed by atoms with Gasteiger partial charge in [0.05, 0.1) is 12.2 Å². The predicted octanol–water partition coefficient (Wildman–Crippen LogP) is 2.71. The molecule has 1 aromatic carbocycles. The number of rotatable bonds is 2. The first-order valence-corrected chi connectivity index (χ1v) is 8.05. The molecule has 5 nitrogen and oxygen atoms in total. The molecule has 0 fully saturated rings. The van der Waals surface area contributed by atoms with Gasteiger partial charge in [-0.3, -0.25) is 9.29 Å². The number of fused-ring (bicyclic) bond motifs is 1. The maximum atomic E-state index is 12.5. The van der Waals surface area contributed by atoms with Crippen LogP contribution in [0.15, 0.2) is 57.1 Å². The molecule has 0 aliphatic carbocycles. The summed E-state index contributed by atoms with van der Waals surface area (Å²) in [7, 11) is -3.55. The van der Waals surface area contributed by atoms with Crippen LogP contribution in [0.2, 0.25) is 0 Å². The van der Waals surface area contributed by atoms with Gasteiger partial charge in [0.1, 0.15) is 11.2 Å². The lowest BCUT2D eigenvalue weighted by Gasteiger charge is -2.23. The monoisotopic (exact) mass is 351 g/mol. The van der Waals surface area contributed by atoms with E-state index in [9.17, 15) is 8.42 Å². The van der Waals surface area contributed by atoms with Crippen LogP contribution in [0, 0.1) is 0 Å². The quantitative estimate of drug-likeness (QED) is 0.835. The topological polar surface area (TPSA) is 62.6 Å². The number of benzene rings is 1. The zero-order chi connectivity index (χ0) is 14.2.